The van der Waals surface area contributed by atoms with Gasteiger partial charge >= 0.3 is 6.03 Å². The molecule has 2 aliphatic rings. The number of benzene rings is 2. The molecule has 25 heavy (non-hydrogen) atoms. The van der Waals surface area contributed by atoms with Gasteiger partial charge in [-0.25, -0.2) is 4.79 Å². The van der Waals surface area contributed by atoms with Gasteiger partial charge < -0.3 is 5.32 Å². The fraction of sp³-hybridized carbons (Fsp3) is 0.300. The van der Waals surface area contributed by atoms with Crippen LogP contribution in [-0.2, 0) is 29.7 Å². The van der Waals surface area contributed by atoms with Crippen LogP contribution in [0.25, 0.3) is 0 Å². The Hall–Kier alpha value is -2.33. The zero-order chi connectivity index (χ0) is 17.6. The highest BCUT2D eigenvalue weighted by atomic mass is 35.5. The summed E-state index contributed by atoms with van der Waals surface area (Å²) >= 11 is 5.90. The highest BCUT2D eigenvalue weighted by molar-refractivity contribution is 6.30. The van der Waals surface area contributed by atoms with Gasteiger partial charge in [-0.2, -0.15) is 0 Å². The van der Waals surface area contributed by atoms with Gasteiger partial charge in [0.05, 0.1) is 6.54 Å². The molecule has 0 bridgehead atoms. The maximum atomic E-state index is 13.0. The predicted molar refractivity (Wildman–Crippen MR) is 96.4 cm³/mol. The van der Waals surface area contributed by atoms with E-state index in [4.69, 9.17) is 11.6 Å². The molecule has 2 aromatic carbocycles. The van der Waals surface area contributed by atoms with Gasteiger partial charge in [0.25, 0.3) is 5.91 Å². The van der Waals surface area contributed by atoms with Crippen molar-refractivity contribution in [3.63, 3.8) is 0 Å². The number of urea groups is 1. The molecular weight excluding hydrogens is 336 g/mol. The first kappa shape index (κ1) is 16.2. The van der Waals surface area contributed by atoms with Crippen molar-refractivity contribution in [2.75, 3.05) is 0 Å². The summed E-state index contributed by atoms with van der Waals surface area (Å²) in [7, 11) is 0. The monoisotopic (exact) mass is 354 g/mol. The predicted octanol–water partition coefficient (Wildman–Crippen LogP) is 3.80. The third-order valence-corrected chi connectivity index (χ3v) is 5.46. The van der Waals surface area contributed by atoms with Crippen molar-refractivity contribution in [2.24, 2.45) is 0 Å². The summed E-state index contributed by atoms with van der Waals surface area (Å²) < 4.78 is 0. The number of nitrogens with zero attached hydrogens (tertiary/aromatic N) is 1. The van der Waals surface area contributed by atoms with Crippen molar-refractivity contribution in [3.05, 3.63) is 69.7 Å². The van der Waals surface area contributed by atoms with Crippen LogP contribution >= 0.6 is 11.6 Å². The maximum Gasteiger partial charge on any atom is 0.325 e. The molecule has 128 valence electrons. The molecule has 0 aromatic heterocycles. The summed E-state index contributed by atoms with van der Waals surface area (Å²) in [5.74, 6) is -0.217. The van der Waals surface area contributed by atoms with Crippen molar-refractivity contribution in [3.8, 4) is 0 Å². The first-order chi connectivity index (χ1) is 12.0. The SMILES string of the molecule is C[C@@]1(c2ccc3c(c2)CCC3)NC(=O)N(Cc2ccc(Cl)cc2)C1=O. The zero-order valence-corrected chi connectivity index (χ0v) is 14.8. The molecule has 1 atom stereocenters. The van der Waals surface area contributed by atoms with Gasteiger partial charge in [0, 0.05) is 5.02 Å². The molecule has 0 unspecified atom stereocenters. The summed E-state index contributed by atoms with van der Waals surface area (Å²) in [5, 5.41) is 3.51. The number of carbonyl (C=O) groups excluding carboxylic acids is 2. The lowest BCUT2D eigenvalue weighted by Crippen LogP contribution is -2.40. The Morgan fingerprint density at radius 2 is 1.80 bits per heavy atom. The highest BCUT2D eigenvalue weighted by Crippen LogP contribution is 2.33. The van der Waals surface area contributed by atoms with E-state index in [9.17, 15) is 9.59 Å². The lowest BCUT2D eigenvalue weighted by Gasteiger charge is -2.23. The second kappa shape index (κ2) is 5.88. The molecule has 0 saturated carbocycles. The van der Waals surface area contributed by atoms with Crippen LogP contribution in [0.15, 0.2) is 42.5 Å². The minimum atomic E-state index is -1.01. The first-order valence-electron chi connectivity index (χ1n) is 8.48. The third kappa shape index (κ3) is 2.71. The maximum absolute atomic E-state index is 13.0. The summed E-state index contributed by atoms with van der Waals surface area (Å²) in [6, 6.07) is 12.9. The fourth-order valence-electron chi connectivity index (χ4n) is 3.69. The lowest BCUT2D eigenvalue weighted by atomic mass is 9.89. The largest absolute Gasteiger partial charge is 0.325 e. The average Bonchev–Trinajstić information content (AvgIpc) is 3.15. The highest BCUT2D eigenvalue weighted by Gasteiger charge is 2.49. The molecule has 1 aliphatic carbocycles. The van der Waals surface area contributed by atoms with E-state index in [1.165, 1.54) is 16.0 Å². The Kier molecular flexibility index (Phi) is 3.80. The van der Waals surface area contributed by atoms with E-state index < -0.39 is 5.54 Å². The van der Waals surface area contributed by atoms with Crippen LogP contribution in [-0.4, -0.2) is 16.8 Å². The van der Waals surface area contributed by atoms with Gasteiger partial charge in [-0.15, -0.1) is 0 Å². The molecule has 2 aromatic rings. The number of aryl methyl sites for hydroxylation is 2. The van der Waals surface area contributed by atoms with Crippen LogP contribution in [0.1, 0.15) is 35.6 Å². The number of hydrogen-bond donors (Lipinski definition) is 1. The Balaban J connectivity index is 1.62. The fourth-order valence-corrected chi connectivity index (χ4v) is 3.82. The molecule has 4 rings (SSSR count). The van der Waals surface area contributed by atoms with Crippen molar-refractivity contribution in [2.45, 2.75) is 38.3 Å². The van der Waals surface area contributed by atoms with Crippen molar-refractivity contribution >= 4 is 23.5 Å². The van der Waals surface area contributed by atoms with E-state index in [1.54, 1.807) is 19.1 Å². The zero-order valence-electron chi connectivity index (χ0n) is 14.0. The number of carbonyl (C=O) groups is 2. The molecule has 3 amide bonds. The number of hydrogen-bond acceptors (Lipinski definition) is 2. The molecule has 1 N–H and O–H groups in total. The first-order valence-corrected chi connectivity index (χ1v) is 8.86. The van der Waals surface area contributed by atoms with E-state index in [0.29, 0.717) is 5.02 Å². The van der Waals surface area contributed by atoms with Gasteiger partial charge in [-0.1, -0.05) is 41.9 Å². The van der Waals surface area contributed by atoms with Crippen LogP contribution in [0.3, 0.4) is 0 Å². The molecule has 0 radical (unpaired) electrons. The Morgan fingerprint density at radius 3 is 2.56 bits per heavy atom. The number of rotatable bonds is 3. The molecule has 5 heteroatoms. The van der Waals surface area contributed by atoms with Gasteiger partial charge in [-0.3, -0.25) is 9.69 Å². The smallest absolute Gasteiger partial charge is 0.319 e. The number of fused-ring (bicyclic) bond motifs is 1. The number of halogens is 1. The van der Waals surface area contributed by atoms with E-state index in [0.717, 1.165) is 30.4 Å². The average molecular weight is 355 g/mol. The molecule has 1 aliphatic heterocycles. The molecule has 4 nitrogen and oxygen atoms in total. The van der Waals surface area contributed by atoms with Crippen LogP contribution in [0.2, 0.25) is 5.02 Å². The quantitative estimate of drug-likeness (QED) is 0.852. The standard InChI is InChI=1S/C20H19ClN2O2/c1-20(16-8-7-14-3-2-4-15(14)11-16)18(24)23(19(25)22-20)12-13-5-9-17(21)10-6-13/h5-11H,2-4,12H2,1H3,(H,22,25)/t20-/m0/s1. The summed E-state index contributed by atoms with van der Waals surface area (Å²) in [4.78, 5) is 26.7. The van der Waals surface area contributed by atoms with E-state index in [1.807, 2.05) is 18.2 Å². The van der Waals surface area contributed by atoms with Gasteiger partial charge in [0.15, 0.2) is 0 Å². The third-order valence-electron chi connectivity index (χ3n) is 5.20. The van der Waals surface area contributed by atoms with Crippen LogP contribution in [0.4, 0.5) is 4.79 Å². The van der Waals surface area contributed by atoms with E-state index in [-0.39, 0.29) is 18.5 Å². The summed E-state index contributed by atoms with van der Waals surface area (Å²) in [6.45, 7) is 2.02. The van der Waals surface area contributed by atoms with Crippen LogP contribution in [0.5, 0.6) is 0 Å². The lowest BCUT2D eigenvalue weighted by molar-refractivity contribution is -0.131. The normalized spacial score (nSPS) is 22.2. The number of imide groups is 1. The van der Waals surface area contributed by atoms with Gasteiger partial charge in [0.2, 0.25) is 0 Å². The minimum Gasteiger partial charge on any atom is -0.319 e. The van der Waals surface area contributed by atoms with Crippen LogP contribution in [0, 0.1) is 0 Å². The minimum absolute atomic E-state index is 0.217. The summed E-state index contributed by atoms with van der Waals surface area (Å²) in [5.41, 5.74) is 3.34. The second-order valence-electron chi connectivity index (χ2n) is 6.91. The molecule has 1 saturated heterocycles. The van der Waals surface area contributed by atoms with Gasteiger partial charge in [0.1, 0.15) is 5.54 Å². The molecule has 0 spiro atoms. The van der Waals surface area contributed by atoms with Crippen molar-refractivity contribution in [1.82, 2.24) is 10.2 Å². The van der Waals surface area contributed by atoms with Crippen molar-refractivity contribution < 1.29 is 9.59 Å². The molecule has 1 fully saturated rings. The Bertz CT molecular complexity index is 862. The Morgan fingerprint density at radius 1 is 1.08 bits per heavy atom. The van der Waals surface area contributed by atoms with E-state index >= 15 is 0 Å². The molecule has 1 heterocycles. The van der Waals surface area contributed by atoms with Crippen molar-refractivity contribution in [1.29, 1.82) is 0 Å². The van der Waals surface area contributed by atoms with E-state index in [2.05, 4.69) is 17.4 Å². The number of amides is 3. The number of nitrogens with one attached hydrogen (secondary N) is 1. The van der Waals surface area contributed by atoms with Crippen LogP contribution < -0.4 is 5.32 Å². The molecular formula is C20H19ClN2O2. The second-order valence-corrected chi connectivity index (χ2v) is 7.35. The topological polar surface area (TPSA) is 49.4 Å². The summed E-state index contributed by atoms with van der Waals surface area (Å²) in [6.07, 6.45) is 3.28. The van der Waals surface area contributed by atoms with Gasteiger partial charge in [-0.05, 0) is 60.6 Å². The Labute approximate surface area is 151 Å².